The number of thiocarbonyl (C=S) groups is 1. The first kappa shape index (κ1) is 18.9. The summed E-state index contributed by atoms with van der Waals surface area (Å²) in [4.78, 5) is 23.8. The van der Waals surface area contributed by atoms with E-state index >= 15 is 0 Å². The second-order valence-corrected chi connectivity index (χ2v) is 6.02. The Kier molecular flexibility index (Phi) is 6.94. The van der Waals surface area contributed by atoms with Crippen LogP contribution in [0.2, 0.25) is 0 Å². The number of rotatable bonds is 8. The molecule has 0 aromatic heterocycles. The molecule has 134 valence electrons. The van der Waals surface area contributed by atoms with Gasteiger partial charge < -0.3 is 9.47 Å². The number of ether oxygens (including phenoxy) is 2. The highest BCUT2D eigenvalue weighted by Crippen LogP contribution is 2.29. The quantitative estimate of drug-likeness (QED) is 0.322. The maximum Gasteiger partial charge on any atom is 0.263 e. The molecule has 1 aliphatic rings. The van der Waals surface area contributed by atoms with E-state index in [1.165, 1.54) is 18.9 Å². The van der Waals surface area contributed by atoms with Gasteiger partial charge >= 0.3 is 0 Å². The highest BCUT2D eigenvalue weighted by molar-refractivity contribution is 7.80. The Labute approximate surface area is 152 Å². The molecule has 2 N–H and O–H groups in total. The first-order valence-electron chi connectivity index (χ1n) is 8.24. The van der Waals surface area contributed by atoms with Gasteiger partial charge in [0.25, 0.3) is 11.8 Å². The molecule has 0 unspecified atom stereocenters. The molecule has 0 aliphatic carbocycles. The van der Waals surface area contributed by atoms with Gasteiger partial charge in [0.05, 0.1) is 13.7 Å². The van der Waals surface area contributed by atoms with Crippen LogP contribution in [0.3, 0.4) is 0 Å². The maximum absolute atomic E-state index is 11.9. The average Bonchev–Trinajstić information content (AvgIpc) is 2.58. The van der Waals surface area contributed by atoms with Gasteiger partial charge in [0.15, 0.2) is 16.6 Å². The lowest BCUT2D eigenvalue weighted by Gasteiger charge is -2.16. The van der Waals surface area contributed by atoms with Gasteiger partial charge in [0.2, 0.25) is 0 Å². The van der Waals surface area contributed by atoms with Crippen molar-refractivity contribution in [3.05, 3.63) is 29.3 Å². The van der Waals surface area contributed by atoms with Crippen molar-refractivity contribution in [3.8, 4) is 11.5 Å². The van der Waals surface area contributed by atoms with Gasteiger partial charge in [-0.3, -0.25) is 20.2 Å². The van der Waals surface area contributed by atoms with Crippen LogP contribution >= 0.6 is 12.2 Å². The normalized spacial score (nSPS) is 14.0. The van der Waals surface area contributed by atoms with E-state index in [9.17, 15) is 9.59 Å². The minimum atomic E-state index is -0.524. The lowest BCUT2D eigenvalue weighted by molar-refractivity contribution is -0.123. The smallest absolute Gasteiger partial charge is 0.263 e. The summed E-state index contributed by atoms with van der Waals surface area (Å²) in [6.07, 6.45) is 5.98. The Balaban J connectivity index is 2.10. The number of hydrogen-bond acceptors (Lipinski definition) is 5. The highest BCUT2D eigenvalue weighted by Gasteiger charge is 2.25. The molecule has 25 heavy (non-hydrogen) atoms. The van der Waals surface area contributed by atoms with E-state index in [0.29, 0.717) is 23.7 Å². The van der Waals surface area contributed by atoms with Crippen LogP contribution in [0.1, 0.15) is 38.2 Å². The van der Waals surface area contributed by atoms with E-state index in [1.807, 2.05) is 0 Å². The summed E-state index contributed by atoms with van der Waals surface area (Å²) in [7, 11) is 1.55. The van der Waals surface area contributed by atoms with Crippen LogP contribution in [0, 0.1) is 0 Å². The zero-order chi connectivity index (χ0) is 18.2. The predicted octanol–water partition coefficient (Wildman–Crippen LogP) is 2.57. The second-order valence-electron chi connectivity index (χ2n) is 5.61. The molecule has 0 bridgehead atoms. The van der Waals surface area contributed by atoms with E-state index in [1.54, 1.807) is 25.3 Å². The van der Waals surface area contributed by atoms with Crippen LogP contribution in [0.15, 0.2) is 23.8 Å². The molecule has 1 fully saturated rings. The summed E-state index contributed by atoms with van der Waals surface area (Å²) >= 11 is 4.77. The summed E-state index contributed by atoms with van der Waals surface area (Å²) in [6.45, 7) is 2.79. The van der Waals surface area contributed by atoms with Gasteiger partial charge in [-0.15, -0.1) is 0 Å². The van der Waals surface area contributed by atoms with Crippen molar-refractivity contribution < 1.29 is 19.1 Å². The summed E-state index contributed by atoms with van der Waals surface area (Å²) in [5.74, 6) is 0.143. The van der Waals surface area contributed by atoms with Crippen molar-refractivity contribution in [3.63, 3.8) is 0 Å². The molecule has 1 aromatic carbocycles. The number of amides is 2. The number of benzene rings is 1. The molecule has 6 nitrogen and oxygen atoms in total. The molecular formula is C18H22N2O4S. The first-order chi connectivity index (χ1) is 12.0. The van der Waals surface area contributed by atoms with Gasteiger partial charge in [-0.25, -0.2) is 0 Å². The molecule has 1 heterocycles. The molecule has 2 rings (SSSR count). The molecule has 2 amide bonds. The monoisotopic (exact) mass is 362 g/mol. The molecule has 1 aromatic rings. The minimum absolute atomic E-state index is 0.0103. The van der Waals surface area contributed by atoms with Gasteiger partial charge in [-0.1, -0.05) is 32.3 Å². The lowest BCUT2D eigenvalue weighted by Crippen LogP contribution is -2.51. The van der Waals surface area contributed by atoms with Gasteiger partial charge in [0.1, 0.15) is 5.57 Å². The largest absolute Gasteiger partial charge is 0.493 e. The predicted molar refractivity (Wildman–Crippen MR) is 99.5 cm³/mol. The van der Waals surface area contributed by atoms with E-state index in [4.69, 9.17) is 21.7 Å². The Bertz CT molecular complexity index is 678. The van der Waals surface area contributed by atoms with Crippen LogP contribution in [0.4, 0.5) is 0 Å². The van der Waals surface area contributed by atoms with Crippen LogP contribution in [-0.4, -0.2) is 30.6 Å². The summed E-state index contributed by atoms with van der Waals surface area (Å²) in [5, 5.41) is 4.81. The van der Waals surface area contributed by atoms with Gasteiger partial charge in [-0.05, 0) is 42.4 Å². The van der Waals surface area contributed by atoms with Gasteiger partial charge in [0, 0.05) is 0 Å². The Morgan fingerprint density at radius 2 is 1.80 bits per heavy atom. The minimum Gasteiger partial charge on any atom is -0.493 e. The van der Waals surface area contributed by atoms with Crippen LogP contribution in [0.5, 0.6) is 11.5 Å². The van der Waals surface area contributed by atoms with E-state index in [-0.39, 0.29) is 10.7 Å². The first-order valence-corrected chi connectivity index (χ1v) is 8.65. The Morgan fingerprint density at radius 3 is 2.44 bits per heavy atom. The van der Waals surface area contributed by atoms with Crippen molar-refractivity contribution in [2.24, 2.45) is 0 Å². The fourth-order valence-corrected chi connectivity index (χ4v) is 2.56. The van der Waals surface area contributed by atoms with Crippen LogP contribution < -0.4 is 20.1 Å². The van der Waals surface area contributed by atoms with E-state index < -0.39 is 11.8 Å². The number of hydrogen-bond donors (Lipinski definition) is 2. The average molecular weight is 362 g/mol. The zero-order valence-corrected chi connectivity index (χ0v) is 15.2. The van der Waals surface area contributed by atoms with Crippen molar-refractivity contribution in [2.45, 2.75) is 32.6 Å². The molecule has 0 atom stereocenters. The number of nitrogens with one attached hydrogen (secondary N) is 2. The third-order valence-corrected chi connectivity index (χ3v) is 3.90. The molecule has 1 saturated heterocycles. The molecule has 7 heteroatoms. The summed E-state index contributed by atoms with van der Waals surface area (Å²) in [6, 6.07) is 5.26. The lowest BCUT2D eigenvalue weighted by atomic mass is 10.1. The fraction of sp³-hybridized carbons (Fsp3) is 0.389. The third kappa shape index (κ3) is 5.29. The molecule has 0 radical (unpaired) electrons. The summed E-state index contributed by atoms with van der Waals surface area (Å²) < 4.78 is 11.1. The zero-order valence-electron chi connectivity index (χ0n) is 14.4. The van der Waals surface area contributed by atoms with Crippen molar-refractivity contribution in [2.75, 3.05) is 13.7 Å². The van der Waals surface area contributed by atoms with E-state index in [2.05, 4.69) is 17.6 Å². The SMILES string of the molecule is CCCCCCOc1ccc(C=C2C(=O)NC(=S)NC2=O)cc1OC. The van der Waals surface area contributed by atoms with Crippen LogP contribution in [-0.2, 0) is 9.59 Å². The molecular weight excluding hydrogens is 340 g/mol. The molecule has 0 spiro atoms. The number of carbonyl (C=O) groups excluding carboxylic acids is 2. The maximum atomic E-state index is 11.9. The van der Waals surface area contributed by atoms with Crippen LogP contribution in [0.25, 0.3) is 6.08 Å². The fourth-order valence-electron chi connectivity index (χ4n) is 2.38. The molecule has 0 saturated carbocycles. The summed E-state index contributed by atoms with van der Waals surface area (Å²) in [5.41, 5.74) is 0.646. The second kappa shape index (κ2) is 9.17. The number of unbranched alkanes of at least 4 members (excludes halogenated alkanes) is 3. The Hall–Kier alpha value is -2.41. The highest BCUT2D eigenvalue weighted by atomic mass is 32.1. The number of carbonyl (C=O) groups is 2. The standard InChI is InChI=1S/C18H22N2O4S/c1-3-4-5-6-9-24-14-8-7-12(11-15(14)23-2)10-13-16(21)19-18(25)20-17(13)22/h7-8,10-11H,3-6,9H2,1-2H3,(H2,19,20,21,22,25). The Morgan fingerprint density at radius 1 is 1.08 bits per heavy atom. The van der Waals surface area contributed by atoms with Crippen molar-refractivity contribution >= 4 is 35.2 Å². The van der Waals surface area contributed by atoms with Gasteiger partial charge in [-0.2, -0.15) is 0 Å². The molecule has 1 aliphatic heterocycles. The third-order valence-electron chi connectivity index (χ3n) is 3.70. The van der Waals surface area contributed by atoms with E-state index in [0.717, 1.165) is 12.8 Å². The van der Waals surface area contributed by atoms with Crippen molar-refractivity contribution in [1.82, 2.24) is 10.6 Å². The van der Waals surface area contributed by atoms with Crippen molar-refractivity contribution in [1.29, 1.82) is 0 Å². The number of methoxy groups -OCH3 is 1. The topological polar surface area (TPSA) is 76.7 Å².